The standard InChI is InChI=1S/C19H21NO4S2/c1-23-15-10-6-5-7-13(15)11-16-18(22)20(19(25)26-16)12-17(21)24-14-8-3-2-4-9-14/h5-7,10-11,14H,2-4,8-9,12H2,1H3/b16-11-. The van der Waals surface area contributed by atoms with Crippen molar-refractivity contribution in [1.82, 2.24) is 4.90 Å². The summed E-state index contributed by atoms with van der Waals surface area (Å²) in [5.74, 6) is 0.00715. The molecule has 0 aromatic heterocycles. The molecule has 0 spiro atoms. The molecule has 0 N–H and O–H groups in total. The normalized spacial score (nSPS) is 19.9. The van der Waals surface area contributed by atoms with E-state index in [1.807, 2.05) is 24.3 Å². The molecule has 2 fully saturated rings. The lowest BCUT2D eigenvalue weighted by Gasteiger charge is -2.23. The Morgan fingerprint density at radius 3 is 2.77 bits per heavy atom. The van der Waals surface area contributed by atoms with Gasteiger partial charge in [0.15, 0.2) is 0 Å². The summed E-state index contributed by atoms with van der Waals surface area (Å²) in [6.07, 6.45) is 6.87. The number of nitrogens with zero attached hydrogens (tertiary/aromatic N) is 1. The van der Waals surface area contributed by atoms with Gasteiger partial charge in [0.2, 0.25) is 0 Å². The lowest BCUT2D eigenvalue weighted by molar-refractivity contribution is -0.152. The number of hydrogen-bond donors (Lipinski definition) is 0. The predicted octanol–water partition coefficient (Wildman–Crippen LogP) is 3.77. The van der Waals surface area contributed by atoms with E-state index in [1.165, 1.54) is 23.1 Å². The highest BCUT2D eigenvalue weighted by Crippen LogP contribution is 2.34. The zero-order chi connectivity index (χ0) is 18.5. The van der Waals surface area contributed by atoms with E-state index in [2.05, 4.69) is 0 Å². The summed E-state index contributed by atoms with van der Waals surface area (Å²) in [6, 6.07) is 7.43. The number of para-hydroxylation sites is 1. The van der Waals surface area contributed by atoms with E-state index in [0.29, 0.717) is 15.0 Å². The summed E-state index contributed by atoms with van der Waals surface area (Å²) >= 11 is 6.47. The van der Waals surface area contributed by atoms with Gasteiger partial charge in [0.1, 0.15) is 22.7 Å². The van der Waals surface area contributed by atoms with Gasteiger partial charge in [0.25, 0.3) is 5.91 Å². The summed E-state index contributed by atoms with van der Waals surface area (Å²) in [6.45, 7) is -0.134. The molecule has 138 valence electrons. The van der Waals surface area contributed by atoms with E-state index in [-0.39, 0.29) is 18.6 Å². The van der Waals surface area contributed by atoms with Gasteiger partial charge in [-0.3, -0.25) is 14.5 Å². The van der Waals surface area contributed by atoms with Gasteiger partial charge >= 0.3 is 5.97 Å². The van der Waals surface area contributed by atoms with E-state index in [9.17, 15) is 9.59 Å². The Balaban J connectivity index is 1.66. The largest absolute Gasteiger partial charge is 0.496 e. The number of carbonyl (C=O) groups excluding carboxylic acids is 2. The summed E-state index contributed by atoms with van der Waals surface area (Å²) in [4.78, 5) is 26.6. The monoisotopic (exact) mass is 391 g/mol. The maximum Gasteiger partial charge on any atom is 0.326 e. The molecule has 1 saturated heterocycles. The van der Waals surface area contributed by atoms with Crippen molar-refractivity contribution < 1.29 is 19.1 Å². The summed E-state index contributed by atoms with van der Waals surface area (Å²) in [7, 11) is 1.58. The van der Waals surface area contributed by atoms with Crippen molar-refractivity contribution in [1.29, 1.82) is 0 Å². The lowest BCUT2D eigenvalue weighted by atomic mass is 9.98. The summed E-state index contributed by atoms with van der Waals surface area (Å²) in [5, 5.41) is 0. The molecule has 3 rings (SSSR count). The number of methoxy groups -OCH3 is 1. The minimum absolute atomic E-state index is 0.0289. The van der Waals surface area contributed by atoms with E-state index in [4.69, 9.17) is 21.7 Å². The molecule has 1 amide bonds. The maximum atomic E-state index is 12.6. The van der Waals surface area contributed by atoms with Gasteiger partial charge < -0.3 is 9.47 Å². The SMILES string of the molecule is COc1ccccc1/C=C1\SC(=S)N(CC(=O)OC2CCCCC2)C1=O. The van der Waals surface area contributed by atoms with Crippen LogP contribution in [0.3, 0.4) is 0 Å². The van der Waals surface area contributed by atoms with Gasteiger partial charge in [-0.1, -0.05) is 48.6 Å². The number of esters is 1. The molecule has 1 aliphatic heterocycles. The minimum atomic E-state index is -0.397. The van der Waals surface area contributed by atoms with Crippen molar-refractivity contribution >= 4 is 46.3 Å². The third-order valence-electron chi connectivity index (χ3n) is 4.44. The van der Waals surface area contributed by atoms with Crippen molar-refractivity contribution in [2.24, 2.45) is 0 Å². The number of amides is 1. The van der Waals surface area contributed by atoms with Crippen molar-refractivity contribution in [2.45, 2.75) is 38.2 Å². The fourth-order valence-corrected chi connectivity index (χ4v) is 4.34. The van der Waals surface area contributed by atoms with Crippen LogP contribution in [-0.4, -0.2) is 40.9 Å². The Labute approximate surface area is 162 Å². The van der Waals surface area contributed by atoms with Gasteiger partial charge in [0.05, 0.1) is 12.0 Å². The molecule has 26 heavy (non-hydrogen) atoms. The van der Waals surface area contributed by atoms with Crippen LogP contribution in [0.25, 0.3) is 6.08 Å². The first-order valence-corrected chi connectivity index (χ1v) is 9.89. The smallest absolute Gasteiger partial charge is 0.326 e. The van der Waals surface area contributed by atoms with Gasteiger partial charge in [0, 0.05) is 5.56 Å². The van der Waals surface area contributed by atoms with E-state index >= 15 is 0 Å². The third-order valence-corrected chi connectivity index (χ3v) is 5.81. The second-order valence-electron chi connectivity index (χ2n) is 6.26. The molecule has 2 aliphatic rings. The van der Waals surface area contributed by atoms with Gasteiger partial charge in [-0.2, -0.15) is 0 Å². The number of thioether (sulfide) groups is 1. The molecule has 1 aliphatic carbocycles. The number of thiocarbonyl (C=S) groups is 1. The molecule has 7 heteroatoms. The number of rotatable bonds is 5. The zero-order valence-electron chi connectivity index (χ0n) is 14.6. The van der Waals surface area contributed by atoms with Gasteiger partial charge in [-0.05, 0) is 37.8 Å². The molecule has 0 atom stereocenters. The van der Waals surface area contributed by atoms with E-state index < -0.39 is 5.97 Å². The van der Waals surface area contributed by atoms with E-state index in [0.717, 1.165) is 31.2 Å². The molecule has 1 heterocycles. The number of hydrogen-bond acceptors (Lipinski definition) is 6. The molecule has 0 bridgehead atoms. The predicted molar refractivity (Wildman–Crippen MR) is 106 cm³/mol. The van der Waals surface area contributed by atoms with Crippen LogP contribution in [0.15, 0.2) is 29.2 Å². The summed E-state index contributed by atoms with van der Waals surface area (Å²) < 4.78 is 11.2. The molecule has 1 aromatic rings. The Kier molecular flexibility index (Phi) is 6.32. The van der Waals surface area contributed by atoms with Crippen molar-refractivity contribution in [3.05, 3.63) is 34.7 Å². The molecular formula is C19H21NO4S2. The molecule has 0 unspecified atom stereocenters. The fraction of sp³-hybridized carbons (Fsp3) is 0.421. The van der Waals surface area contributed by atoms with Crippen molar-refractivity contribution in [3.8, 4) is 5.75 Å². The Hall–Kier alpha value is -1.86. The van der Waals surface area contributed by atoms with Crippen LogP contribution in [0.5, 0.6) is 5.75 Å². The molecule has 0 radical (unpaired) electrons. The first-order chi connectivity index (χ1) is 12.6. The molecule has 5 nitrogen and oxygen atoms in total. The van der Waals surface area contributed by atoms with E-state index in [1.54, 1.807) is 13.2 Å². The Bertz CT molecular complexity index is 741. The van der Waals surface area contributed by atoms with Crippen molar-refractivity contribution in [2.75, 3.05) is 13.7 Å². The lowest BCUT2D eigenvalue weighted by Crippen LogP contribution is -2.36. The van der Waals surface area contributed by atoms with Crippen molar-refractivity contribution in [3.63, 3.8) is 0 Å². The van der Waals surface area contributed by atoms with Crippen LogP contribution < -0.4 is 4.74 Å². The Morgan fingerprint density at radius 2 is 2.04 bits per heavy atom. The molecular weight excluding hydrogens is 370 g/mol. The quantitative estimate of drug-likeness (QED) is 0.433. The number of ether oxygens (including phenoxy) is 2. The Morgan fingerprint density at radius 1 is 1.31 bits per heavy atom. The highest BCUT2D eigenvalue weighted by molar-refractivity contribution is 8.26. The van der Waals surface area contributed by atoms with Crippen LogP contribution >= 0.6 is 24.0 Å². The van der Waals surface area contributed by atoms with Crippen LogP contribution in [0.2, 0.25) is 0 Å². The zero-order valence-corrected chi connectivity index (χ0v) is 16.2. The summed E-state index contributed by atoms with van der Waals surface area (Å²) in [5.41, 5.74) is 0.792. The average molecular weight is 392 g/mol. The molecule has 1 aromatic carbocycles. The highest BCUT2D eigenvalue weighted by Gasteiger charge is 2.34. The van der Waals surface area contributed by atoms with Crippen LogP contribution in [0.1, 0.15) is 37.7 Å². The van der Waals surface area contributed by atoms with Crippen LogP contribution in [0, 0.1) is 0 Å². The average Bonchev–Trinajstić information content (AvgIpc) is 2.90. The van der Waals surface area contributed by atoms with Crippen LogP contribution in [-0.2, 0) is 14.3 Å². The highest BCUT2D eigenvalue weighted by atomic mass is 32.2. The second kappa shape index (κ2) is 8.68. The topological polar surface area (TPSA) is 55.8 Å². The first kappa shape index (κ1) is 18.9. The second-order valence-corrected chi connectivity index (χ2v) is 7.94. The first-order valence-electron chi connectivity index (χ1n) is 8.66. The number of benzene rings is 1. The maximum absolute atomic E-state index is 12.6. The third kappa shape index (κ3) is 4.45. The molecule has 1 saturated carbocycles. The van der Waals surface area contributed by atoms with Crippen LogP contribution in [0.4, 0.5) is 0 Å². The minimum Gasteiger partial charge on any atom is -0.496 e. The van der Waals surface area contributed by atoms with Gasteiger partial charge in [-0.25, -0.2) is 0 Å². The number of carbonyl (C=O) groups is 2. The fourth-order valence-electron chi connectivity index (χ4n) is 3.10. The van der Waals surface area contributed by atoms with Gasteiger partial charge in [-0.15, -0.1) is 0 Å².